The Bertz CT molecular complexity index is 419. The van der Waals surface area contributed by atoms with Crippen molar-refractivity contribution in [2.45, 2.75) is 6.92 Å². The van der Waals surface area contributed by atoms with E-state index in [0.717, 1.165) is 0 Å². The van der Waals surface area contributed by atoms with E-state index in [-0.39, 0.29) is 17.4 Å². The first-order chi connectivity index (χ1) is 6.67. The average molecular weight is 188 g/mol. The van der Waals surface area contributed by atoms with E-state index < -0.39 is 0 Å². The maximum atomic E-state index is 10.7. The molecule has 1 rings (SSSR count). The second-order valence-electron chi connectivity index (χ2n) is 2.49. The van der Waals surface area contributed by atoms with Crippen molar-refractivity contribution in [2.75, 3.05) is 5.32 Å². The Morgan fingerprint density at radius 1 is 1.79 bits per heavy atom. The molecule has 5 heteroatoms. The van der Waals surface area contributed by atoms with Gasteiger partial charge >= 0.3 is 0 Å². The summed E-state index contributed by atoms with van der Waals surface area (Å²) < 4.78 is 0. The molecular formula is C9H8N4O. The van der Waals surface area contributed by atoms with Crippen molar-refractivity contribution in [2.24, 2.45) is 0 Å². The topological polar surface area (TPSA) is 78.7 Å². The Balaban J connectivity index is 3.13. The van der Waals surface area contributed by atoms with Crippen LogP contribution < -0.4 is 5.32 Å². The second kappa shape index (κ2) is 4.14. The summed E-state index contributed by atoms with van der Waals surface area (Å²) in [5, 5.41) is 11.1. The van der Waals surface area contributed by atoms with Gasteiger partial charge in [0, 0.05) is 6.92 Å². The lowest BCUT2D eigenvalue weighted by Crippen LogP contribution is -2.10. The third kappa shape index (κ3) is 2.14. The number of rotatable bonds is 2. The quantitative estimate of drug-likeness (QED) is 0.749. The molecule has 1 aromatic rings. The van der Waals surface area contributed by atoms with Crippen LogP contribution in [0.5, 0.6) is 0 Å². The van der Waals surface area contributed by atoms with Crippen LogP contribution in [0.15, 0.2) is 12.8 Å². The predicted octanol–water partition coefficient (Wildman–Crippen LogP) is 0.950. The summed E-state index contributed by atoms with van der Waals surface area (Å²) in [4.78, 5) is 18.5. The fourth-order valence-electron chi connectivity index (χ4n) is 0.837. The molecule has 5 nitrogen and oxygen atoms in total. The minimum Gasteiger partial charge on any atom is -0.309 e. The summed E-state index contributed by atoms with van der Waals surface area (Å²) in [5.74, 6) is -0.118. The molecule has 0 spiro atoms. The van der Waals surface area contributed by atoms with Gasteiger partial charge < -0.3 is 5.32 Å². The van der Waals surface area contributed by atoms with Crippen molar-refractivity contribution in [1.82, 2.24) is 9.97 Å². The Morgan fingerprint density at radius 3 is 3.00 bits per heavy atom. The van der Waals surface area contributed by atoms with Gasteiger partial charge in [0.05, 0.1) is 11.9 Å². The van der Waals surface area contributed by atoms with Gasteiger partial charge in [-0.1, -0.05) is 6.58 Å². The first-order valence-electron chi connectivity index (χ1n) is 3.84. The normalized spacial score (nSPS) is 8.86. The number of nitriles is 1. The summed E-state index contributed by atoms with van der Waals surface area (Å²) in [7, 11) is 0. The molecule has 0 aliphatic heterocycles. The van der Waals surface area contributed by atoms with Crippen LogP contribution in [0.3, 0.4) is 0 Å². The first kappa shape index (κ1) is 9.86. The molecule has 1 aromatic heterocycles. The van der Waals surface area contributed by atoms with E-state index in [1.54, 1.807) is 0 Å². The van der Waals surface area contributed by atoms with Crippen molar-refractivity contribution in [3.63, 3.8) is 0 Å². The largest absolute Gasteiger partial charge is 0.309 e. The monoisotopic (exact) mass is 188 g/mol. The molecule has 0 radical (unpaired) electrons. The number of amides is 1. The number of carbonyl (C=O) groups is 1. The third-order valence-electron chi connectivity index (χ3n) is 1.40. The van der Waals surface area contributed by atoms with Gasteiger partial charge in [-0.3, -0.25) is 4.79 Å². The summed E-state index contributed by atoms with van der Waals surface area (Å²) in [6, 6.07) is 1.84. The van der Waals surface area contributed by atoms with Crippen molar-refractivity contribution in [3.8, 4) is 6.07 Å². The maximum Gasteiger partial charge on any atom is 0.222 e. The molecule has 0 unspecified atom stereocenters. The number of hydrogen-bond acceptors (Lipinski definition) is 4. The minimum absolute atomic E-state index is 0.0811. The zero-order valence-corrected chi connectivity index (χ0v) is 7.61. The number of carbonyl (C=O) groups excluding carboxylic acids is 1. The van der Waals surface area contributed by atoms with Crippen LogP contribution >= 0.6 is 0 Å². The fourth-order valence-corrected chi connectivity index (χ4v) is 0.837. The Kier molecular flexibility index (Phi) is 2.92. The van der Waals surface area contributed by atoms with Gasteiger partial charge in [-0.15, -0.1) is 0 Å². The predicted molar refractivity (Wildman–Crippen MR) is 51.1 cm³/mol. The van der Waals surface area contributed by atoms with Crippen LogP contribution in [-0.2, 0) is 4.79 Å². The number of aromatic nitrogens is 2. The lowest BCUT2D eigenvalue weighted by molar-refractivity contribution is -0.114. The number of nitrogens with zero attached hydrogens (tertiary/aromatic N) is 3. The molecule has 14 heavy (non-hydrogen) atoms. The molecule has 1 heterocycles. The molecule has 0 aromatic carbocycles. The van der Waals surface area contributed by atoms with E-state index in [0.29, 0.717) is 5.69 Å². The lowest BCUT2D eigenvalue weighted by atomic mass is 10.3. The van der Waals surface area contributed by atoms with Crippen LogP contribution in [0.25, 0.3) is 6.08 Å². The van der Waals surface area contributed by atoms with Gasteiger partial charge in [0.1, 0.15) is 6.07 Å². The molecular weight excluding hydrogens is 180 g/mol. The molecule has 0 fully saturated rings. The van der Waals surface area contributed by atoms with Gasteiger partial charge in [-0.2, -0.15) is 5.26 Å². The van der Waals surface area contributed by atoms with E-state index in [4.69, 9.17) is 5.26 Å². The SMILES string of the molecule is C=Cc1cnc(NC(C)=O)c(C#N)n1. The van der Waals surface area contributed by atoms with Crippen molar-refractivity contribution in [1.29, 1.82) is 5.26 Å². The molecule has 0 atom stereocenters. The molecule has 0 aliphatic rings. The van der Waals surface area contributed by atoms with Crippen LogP contribution in [0.1, 0.15) is 18.3 Å². The van der Waals surface area contributed by atoms with Crippen LogP contribution in [0.4, 0.5) is 5.82 Å². The zero-order valence-electron chi connectivity index (χ0n) is 7.61. The van der Waals surface area contributed by atoms with Gasteiger partial charge in [-0.05, 0) is 6.08 Å². The minimum atomic E-state index is -0.290. The molecule has 1 N–H and O–H groups in total. The van der Waals surface area contributed by atoms with Crippen LogP contribution in [0.2, 0.25) is 0 Å². The summed E-state index contributed by atoms with van der Waals surface area (Å²) in [5.41, 5.74) is 0.577. The molecule has 0 aliphatic carbocycles. The highest BCUT2D eigenvalue weighted by molar-refractivity contribution is 5.88. The zero-order chi connectivity index (χ0) is 10.6. The molecule has 70 valence electrons. The number of nitrogens with one attached hydrogen (secondary N) is 1. The number of anilines is 1. The van der Waals surface area contributed by atoms with E-state index in [1.165, 1.54) is 19.2 Å². The summed E-state index contributed by atoms with van der Waals surface area (Å²) >= 11 is 0. The molecule has 0 saturated carbocycles. The smallest absolute Gasteiger partial charge is 0.222 e. The fraction of sp³-hybridized carbons (Fsp3) is 0.111. The Hall–Kier alpha value is -2.22. The van der Waals surface area contributed by atoms with Crippen molar-refractivity contribution >= 4 is 17.8 Å². The van der Waals surface area contributed by atoms with Gasteiger partial charge in [0.25, 0.3) is 0 Å². The second-order valence-corrected chi connectivity index (χ2v) is 2.49. The molecule has 1 amide bonds. The van der Waals surface area contributed by atoms with Gasteiger partial charge in [0.2, 0.25) is 5.91 Å². The third-order valence-corrected chi connectivity index (χ3v) is 1.40. The summed E-state index contributed by atoms with van der Waals surface area (Å²) in [6.45, 7) is 4.84. The highest BCUT2D eigenvalue weighted by atomic mass is 16.1. The highest BCUT2D eigenvalue weighted by Crippen LogP contribution is 2.09. The van der Waals surface area contributed by atoms with E-state index in [2.05, 4.69) is 21.9 Å². The van der Waals surface area contributed by atoms with E-state index in [1.807, 2.05) is 6.07 Å². The van der Waals surface area contributed by atoms with E-state index >= 15 is 0 Å². The first-order valence-corrected chi connectivity index (χ1v) is 3.84. The van der Waals surface area contributed by atoms with Gasteiger partial charge in [0.15, 0.2) is 11.5 Å². The van der Waals surface area contributed by atoms with Crippen LogP contribution in [-0.4, -0.2) is 15.9 Å². The van der Waals surface area contributed by atoms with Gasteiger partial charge in [-0.25, -0.2) is 9.97 Å². The molecule has 0 saturated heterocycles. The summed E-state index contributed by atoms with van der Waals surface area (Å²) in [6.07, 6.45) is 2.91. The van der Waals surface area contributed by atoms with Crippen molar-refractivity contribution < 1.29 is 4.79 Å². The Morgan fingerprint density at radius 2 is 2.50 bits per heavy atom. The Labute approximate surface area is 81.1 Å². The molecule has 0 bridgehead atoms. The van der Waals surface area contributed by atoms with Crippen molar-refractivity contribution in [3.05, 3.63) is 24.2 Å². The average Bonchev–Trinajstić information content (AvgIpc) is 2.17. The lowest BCUT2D eigenvalue weighted by Gasteiger charge is -2.02. The van der Waals surface area contributed by atoms with Crippen LogP contribution in [0, 0.1) is 11.3 Å². The van der Waals surface area contributed by atoms with E-state index in [9.17, 15) is 4.79 Å². The number of hydrogen-bond donors (Lipinski definition) is 1. The standard InChI is InChI=1S/C9H8N4O/c1-3-7-5-11-9(12-6(2)14)8(4-10)13-7/h3,5H,1H2,2H3,(H,11,12,14). The maximum absolute atomic E-state index is 10.7. The highest BCUT2D eigenvalue weighted by Gasteiger charge is 2.06.